The molecule has 3 heterocycles. The summed E-state index contributed by atoms with van der Waals surface area (Å²) in [6.07, 6.45) is 8.23. The quantitative estimate of drug-likeness (QED) is 0.538. The second kappa shape index (κ2) is 8.74. The van der Waals surface area contributed by atoms with Gasteiger partial charge < -0.3 is 5.32 Å². The number of benzene rings is 2. The zero-order valence-electron chi connectivity index (χ0n) is 17.7. The normalized spacial score (nSPS) is 13.9. The van der Waals surface area contributed by atoms with Gasteiger partial charge in [-0.1, -0.05) is 31.0 Å². The number of hydrogen-bond acceptors (Lipinski definition) is 5. The largest absolute Gasteiger partial charge is 0.322 e. The second-order valence-corrected chi connectivity index (χ2v) is 8.09. The average molecular weight is 428 g/mol. The van der Waals surface area contributed by atoms with E-state index in [0.29, 0.717) is 35.2 Å². The smallest absolute Gasteiger partial charge is 0.261 e. The number of carbonyl (C=O) groups excluding carboxylic acids is 1. The Morgan fingerprint density at radius 2 is 1.94 bits per heavy atom. The summed E-state index contributed by atoms with van der Waals surface area (Å²) >= 11 is 0. The van der Waals surface area contributed by atoms with E-state index in [1.807, 2.05) is 28.8 Å². The molecule has 8 nitrogen and oxygen atoms in total. The van der Waals surface area contributed by atoms with E-state index in [1.54, 1.807) is 29.2 Å². The summed E-state index contributed by atoms with van der Waals surface area (Å²) in [5.41, 5.74) is 2.65. The summed E-state index contributed by atoms with van der Waals surface area (Å²) in [5, 5.41) is 7.67. The molecule has 0 bridgehead atoms. The Labute approximate surface area is 184 Å². The van der Waals surface area contributed by atoms with Crippen LogP contribution in [-0.2, 0) is 19.5 Å². The molecular formula is C24H24N6O2. The molecule has 5 rings (SSSR count). The lowest BCUT2D eigenvalue weighted by atomic mass is 10.1. The first-order chi connectivity index (χ1) is 15.7. The van der Waals surface area contributed by atoms with Crippen molar-refractivity contribution in [2.24, 2.45) is 0 Å². The summed E-state index contributed by atoms with van der Waals surface area (Å²) in [6, 6.07) is 12.7. The standard InChI is InChI=1S/C24H24N6O2/c31-23(28-20-8-5-4-7-18(20)14-29-16-25-15-26-29)17-10-11-19-21(13-17)27-22-9-3-1-2-6-12-30(22)24(19)32/h4-5,7-8,10-11,13,15-16H,1-3,6,9,12,14H2,(H,28,31). The number of rotatable bonds is 4. The molecule has 32 heavy (non-hydrogen) atoms. The fraction of sp³-hybridized carbons (Fsp3) is 0.292. The highest BCUT2D eigenvalue weighted by Crippen LogP contribution is 2.20. The van der Waals surface area contributed by atoms with Gasteiger partial charge in [0.25, 0.3) is 11.5 Å². The number of aromatic nitrogens is 5. The van der Waals surface area contributed by atoms with E-state index in [2.05, 4.69) is 15.4 Å². The van der Waals surface area contributed by atoms with Crippen molar-refractivity contribution in [3.05, 3.63) is 82.4 Å². The number of aryl methyl sites for hydroxylation is 1. The van der Waals surface area contributed by atoms with Gasteiger partial charge in [-0.2, -0.15) is 5.10 Å². The molecule has 0 radical (unpaired) electrons. The van der Waals surface area contributed by atoms with Crippen molar-refractivity contribution >= 4 is 22.5 Å². The number of nitrogens with one attached hydrogen (secondary N) is 1. The second-order valence-electron chi connectivity index (χ2n) is 8.09. The molecule has 2 aromatic carbocycles. The molecule has 2 aromatic heterocycles. The molecule has 0 spiro atoms. The van der Waals surface area contributed by atoms with Gasteiger partial charge in [-0.25, -0.2) is 14.6 Å². The molecule has 0 atom stereocenters. The van der Waals surface area contributed by atoms with Crippen LogP contribution in [0.15, 0.2) is 59.9 Å². The monoisotopic (exact) mass is 428 g/mol. The van der Waals surface area contributed by atoms with Crippen LogP contribution in [-0.4, -0.2) is 30.2 Å². The van der Waals surface area contributed by atoms with Gasteiger partial charge in [0, 0.05) is 24.2 Å². The molecule has 1 aliphatic heterocycles. The van der Waals surface area contributed by atoms with Gasteiger partial charge in [0.05, 0.1) is 17.4 Å². The van der Waals surface area contributed by atoms with Gasteiger partial charge in [-0.05, 0) is 42.7 Å². The van der Waals surface area contributed by atoms with E-state index in [0.717, 1.165) is 43.5 Å². The number of para-hydroxylation sites is 1. The van der Waals surface area contributed by atoms with Crippen molar-refractivity contribution in [1.82, 2.24) is 24.3 Å². The van der Waals surface area contributed by atoms with Gasteiger partial charge in [0.1, 0.15) is 18.5 Å². The fourth-order valence-electron chi connectivity index (χ4n) is 4.20. The van der Waals surface area contributed by atoms with E-state index < -0.39 is 0 Å². The van der Waals surface area contributed by atoms with E-state index in [-0.39, 0.29) is 11.5 Å². The number of carbonyl (C=O) groups is 1. The van der Waals surface area contributed by atoms with E-state index >= 15 is 0 Å². The Kier molecular flexibility index (Phi) is 5.49. The summed E-state index contributed by atoms with van der Waals surface area (Å²) in [4.78, 5) is 34.8. The molecule has 1 aliphatic rings. The third-order valence-corrected chi connectivity index (χ3v) is 5.89. The minimum atomic E-state index is -0.244. The first kappa shape index (κ1) is 20.1. The number of hydrogen-bond donors (Lipinski definition) is 1. The lowest BCUT2D eigenvalue weighted by molar-refractivity contribution is 0.102. The van der Waals surface area contributed by atoms with Crippen LogP contribution in [0.1, 0.15) is 47.4 Å². The molecule has 0 saturated heterocycles. The summed E-state index contributed by atoms with van der Waals surface area (Å²) < 4.78 is 3.51. The Balaban J connectivity index is 1.44. The molecule has 0 fully saturated rings. The highest BCUT2D eigenvalue weighted by Gasteiger charge is 2.16. The molecule has 0 saturated carbocycles. The van der Waals surface area contributed by atoms with Gasteiger partial charge in [-0.3, -0.25) is 14.2 Å². The van der Waals surface area contributed by atoms with Crippen molar-refractivity contribution in [2.45, 2.75) is 45.2 Å². The fourth-order valence-corrected chi connectivity index (χ4v) is 4.20. The van der Waals surface area contributed by atoms with E-state index in [9.17, 15) is 9.59 Å². The van der Waals surface area contributed by atoms with Gasteiger partial charge in [-0.15, -0.1) is 0 Å². The average Bonchev–Trinajstić information content (AvgIpc) is 3.29. The Morgan fingerprint density at radius 3 is 2.81 bits per heavy atom. The molecule has 8 heteroatoms. The van der Waals surface area contributed by atoms with Crippen molar-refractivity contribution in [3.8, 4) is 0 Å². The van der Waals surface area contributed by atoms with Crippen molar-refractivity contribution in [1.29, 1.82) is 0 Å². The Hall–Kier alpha value is -3.81. The van der Waals surface area contributed by atoms with Gasteiger partial charge in [0.2, 0.25) is 0 Å². The van der Waals surface area contributed by atoms with Crippen LogP contribution in [0.3, 0.4) is 0 Å². The number of amides is 1. The maximum absolute atomic E-state index is 13.0. The number of anilines is 1. The maximum Gasteiger partial charge on any atom is 0.261 e. The predicted molar refractivity (Wildman–Crippen MR) is 122 cm³/mol. The molecule has 1 amide bonds. The van der Waals surface area contributed by atoms with Crippen LogP contribution in [0.25, 0.3) is 10.9 Å². The van der Waals surface area contributed by atoms with Crippen molar-refractivity contribution in [3.63, 3.8) is 0 Å². The molecule has 162 valence electrons. The summed E-state index contributed by atoms with van der Waals surface area (Å²) in [5.74, 6) is 0.574. The highest BCUT2D eigenvalue weighted by molar-refractivity contribution is 6.06. The van der Waals surface area contributed by atoms with Gasteiger partial charge >= 0.3 is 0 Å². The van der Waals surface area contributed by atoms with Crippen LogP contribution >= 0.6 is 0 Å². The summed E-state index contributed by atoms with van der Waals surface area (Å²) in [6.45, 7) is 1.21. The molecular weight excluding hydrogens is 404 g/mol. The topological polar surface area (TPSA) is 94.7 Å². The van der Waals surface area contributed by atoms with Crippen LogP contribution in [0.2, 0.25) is 0 Å². The van der Waals surface area contributed by atoms with E-state index in [4.69, 9.17) is 4.98 Å². The maximum atomic E-state index is 13.0. The Bertz CT molecular complexity index is 1330. The lowest BCUT2D eigenvalue weighted by Gasteiger charge is -2.16. The Morgan fingerprint density at radius 1 is 1.06 bits per heavy atom. The minimum Gasteiger partial charge on any atom is -0.322 e. The van der Waals surface area contributed by atoms with E-state index in [1.165, 1.54) is 6.33 Å². The first-order valence-corrected chi connectivity index (χ1v) is 10.9. The molecule has 0 aliphatic carbocycles. The minimum absolute atomic E-state index is 0.0166. The van der Waals surface area contributed by atoms with Crippen LogP contribution in [0, 0.1) is 0 Å². The third kappa shape index (κ3) is 4.03. The molecule has 0 unspecified atom stereocenters. The first-order valence-electron chi connectivity index (χ1n) is 10.9. The third-order valence-electron chi connectivity index (χ3n) is 5.89. The highest BCUT2D eigenvalue weighted by atomic mass is 16.1. The van der Waals surface area contributed by atoms with Gasteiger partial charge in [0.15, 0.2) is 0 Å². The van der Waals surface area contributed by atoms with Crippen LogP contribution in [0.4, 0.5) is 5.69 Å². The zero-order chi connectivity index (χ0) is 21.9. The van der Waals surface area contributed by atoms with Crippen LogP contribution in [0.5, 0.6) is 0 Å². The molecule has 4 aromatic rings. The zero-order valence-corrected chi connectivity index (χ0v) is 17.7. The number of fused-ring (bicyclic) bond motifs is 2. The molecule has 1 N–H and O–H groups in total. The van der Waals surface area contributed by atoms with Crippen LogP contribution < -0.4 is 10.9 Å². The van der Waals surface area contributed by atoms with Crippen molar-refractivity contribution in [2.75, 3.05) is 5.32 Å². The predicted octanol–water partition coefficient (Wildman–Crippen LogP) is 3.41. The summed E-state index contributed by atoms with van der Waals surface area (Å²) in [7, 11) is 0. The van der Waals surface area contributed by atoms with Crippen molar-refractivity contribution < 1.29 is 4.79 Å². The SMILES string of the molecule is O=C(Nc1ccccc1Cn1cncn1)c1ccc2c(=O)n3c(nc2c1)CCCCCC3. The number of nitrogens with zero attached hydrogens (tertiary/aromatic N) is 5. The lowest BCUT2D eigenvalue weighted by Crippen LogP contribution is -2.26.